The molecule has 7 heteroatoms. The second-order valence-electron chi connectivity index (χ2n) is 6.45. The molecule has 144 valence electrons. The molecule has 1 heterocycles. The number of anilines is 2. The summed E-state index contributed by atoms with van der Waals surface area (Å²) in [6, 6.07) is 14.6. The van der Waals surface area contributed by atoms with E-state index in [2.05, 4.69) is 0 Å². The summed E-state index contributed by atoms with van der Waals surface area (Å²) in [6.07, 6.45) is 2.88. The number of nitrogens with zero attached hydrogens (tertiary/aromatic N) is 2. The third-order valence-electron chi connectivity index (χ3n) is 4.52. The number of sulfonamides is 1. The number of ether oxygens (including phenoxy) is 1. The number of amides is 1. The summed E-state index contributed by atoms with van der Waals surface area (Å²) >= 11 is 0. The van der Waals surface area contributed by atoms with Crippen molar-refractivity contribution in [3.05, 3.63) is 54.1 Å². The number of benzene rings is 2. The molecule has 0 unspecified atom stereocenters. The van der Waals surface area contributed by atoms with Gasteiger partial charge in [-0.2, -0.15) is 0 Å². The maximum Gasteiger partial charge on any atom is 0.247 e. The van der Waals surface area contributed by atoms with Crippen molar-refractivity contribution >= 4 is 27.3 Å². The van der Waals surface area contributed by atoms with Crippen molar-refractivity contribution < 1.29 is 17.9 Å². The normalized spacial score (nSPS) is 13.8. The number of carbonyl (C=O) groups excluding carboxylic acids is 1. The number of hydrogen-bond donors (Lipinski definition) is 0. The van der Waals surface area contributed by atoms with Crippen LogP contribution in [0.2, 0.25) is 0 Å². The molecule has 0 aliphatic carbocycles. The summed E-state index contributed by atoms with van der Waals surface area (Å²) in [5.74, 6) is 0.191. The Morgan fingerprint density at radius 1 is 1.15 bits per heavy atom. The molecule has 0 radical (unpaired) electrons. The van der Waals surface area contributed by atoms with Gasteiger partial charge in [-0.15, -0.1) is 0 Å². The van der Waals surface area contributed by atoms with Gasteiger partial charge in [-0.05, 0) is 43.5 Å². The second-order valence-corrected chi connectivity index (χ2v) is 8.35. The summed E-state index contributed by atoms with van der Waals surface area (Å²) in [5.41, 5.74) is 2.35. The highest BCUT2D eigenvalue weighted by atomic mass is 32.2. The van der Waals surface area contributed by atoms with E-state index in [1.54, 1.807) is 29.2 Å². The lowest BCUT2D eigenvalue weighted by molar-refractivity contribution is -0.117. The fourth-order valence-corrected chi connectivity index (χ4v) is 4.18. The quantitative estimate of drug-likeness (QED) is 0.763. The minimum Gasteiger partial charge on any atom is -0.492 e. The fourth-order valence-electron chi connectivity index (χ4n) is 3.32. The van der Waals surface area contributed by atoms with Crippen LogP contribution in [0.1, 0.15) is 18.9 Å². The molecule has 2 aromatic carbocycles. The molecule has 0 spiro atoms. The van der Waals surface area contributed by atoms with E-state index in [-0.39, 0.29) is 12.5 Å². The topological polar surface area (TPSA) is 66.9 Å². The van der Waals surface area contributed by atoms with Crippen molar-refractivity contribution in [2.24, 2.45) is 0 Å². The molecule has 0 fully saturated rings. The second kappa shape index (κ2) is 8.00. The highest BCUT2D eigenvalue weighted by Gasteiger charge is 2.28. The Morgan fingerprint density at radius 3 is 2.59 bits per heavy atom. The Kier molecular flexibility index (Phi) is 5.70. The van der Waals surface area contributed by atoms with Crippen LogP contribution in [0, 0.1) is 0 Å². The molecule has 27 heavy (non-hydrogen) atoms. The number of carbonyl (C=O) groups is 1. The van der Waals surface area contributed by atoms with E-state index in [9.17, 15) is 13.2 Å². The van der Waals surface area contributed by atoms with Crippen LogP contribution < -0.4 is 13.9 Å². The molecule has 0 aromatic heterocycles. The van der Waals surface area contributed by atoms with Crippen molar-refractivity contribution in [2.45, 2.75) is 19.8 Å². The lowest BCUT2D eigenvalue weighted by Crippen LogP contribution is -2.44. The highest BCUT2D eigenvalue weighted by molar-refractivity contribution is 7.92. The third kappa shape index (κ3) is 4.24. The van der Waals surface area contributed by atoms with Gasteiger partial charge in [0.2, 0.25) is 15.9 Å². The molecule has 0 saturated heterocycles. The SMILES string of the molecule is CCOc1ccccc1N(CC(=O)N1CCCc2ccccc21)S(C)(=O)=O. The first-order valence-corrected chi connectivity index (χ1v) is 10.8. The van der Waals surface area contributed by atoms with Crippen LogP contribution >= 0.6 is 0 Å². The lowest BCUT2D eigenvalue weighted by atomic mass is 10.0. The van der Waals surface area contributed by atoms with Crippen LogP contribution in [0.4, 0.5) is 11.4 Å². The van der Waals surface area contributed by atoms with E-state index in [4.69, 9.17) is 4.74 Å². The zero-order chi connectivity index (χ0) is 19.4. The molecule has 1 aliphatic heterocycles. The molecule has 1 aliphatic rings. The van der Waals surface area contributed by atoms with Crippen LogP contribution in [0.5, 0.6) is 5.75 Å². The summed E-state index contributed by atoms with van der Waals surface area (Å²) in [6.45, 7) is 2.55. The summed E-state index contributed by atoms with van der Waals surface area (Å²) in [7, 11) is -3.66. The van der Waals surface area contributed by atoms with Gasteiger partial charge in [0, 0.05) is 12.2 Å². The molecule has 0 N–H and O–H groups in total. The maximum absolute atomic E-state index is 13.0. The highest BCUT2D eigenvalue weighted by Crippen LogP contribution is 2.31. The van der Waals surface area contributed by atoms with E-state index < -0.39 is 10.0 Å². The molecule has 0 bridgehead atoms. The van der Waals surface area contributed by atoms with Gasteiger partial charge in [-0.25, -0.2) is 8.42 Å². The molecule has 0 atom stereocenters. The summed E-state index contributed by atoms with van der Waals surface area (Å²) in [5, 5.41) is 0. The Balaban J connectivity index is 1.92. The van der Waals surface area contributed by atoms with E-state index in [1.165, 1.54) is 0 Å². The number of fused-ring (bicyclic) bond motifs is 1. The van der Waals surface area contributed by atoms with Crippen molar-refractivity contribution in [3.8, 4) is 5.75 Å². The number of hydrogen-bond acceptors (Lipinski definition) is 4. The third-order valence-corrected chi connectivity index (χ3v) is 5.65. The van der Waals surface area contributed by atoms with Gasteiger partial charge in [0.1, 0.15) is 12.3 Å². The Bertz CT molecular complexity index is 927. The van der Waals surface area contributed by atoms with Gasteiger partial charge >= 0.3 is 0 Å². The first kappa shape index (κ1) is 19.2. The summed E-state index contributed by atoms with van der Waals surface area (Å²) < 4.78 is 31.6. The molecule has 0 saturated carbocycles. The van der Waals surface area contributed by atoms with Gasteiger partial charge in [-0.3, -0.25) is 9.10 Å². The number of rotatable bonds is 6. The molecule has 3 rings (SSSR count). The van der Waals surface area contributed by atoms with Gasteiger partial charge in [-0.1, -0.05) is 30.3 Å². The predicted octanol–water partition coefficient (Wildman–Crippen LogP) is 2.83. The molecular weight excluding hydrogens is 364 g/mol. The lowest BCUT2D eigenvalue weighted by Gasteiger charge is -2.32. The fraction of sp³-hybridized carbons (Fsp3) is 0.350. The van der Waals surface area contributed by atoms with Crippen molar-refractivity contribution in [1.82, 2.24) is 0 Å². The van der Waals surface area contributed by atoms with Gasteiger partial charge in [0.25, 0.3) is 0 Å². The van der Waals surface area contributed by atoms with Gasteiger partial charge in [0.15, 0.2) is 0 Å². The zero-order valence-electron chi connectivity index (χ0n) is 15.6. The largest absolute Gasteiger partial charge is 0.492 e. The average Bonchev–Trinajstić information content (AvgIpc) is 2.65. The van der Waals surface area contributed by atoms with Crippen molar-refractivity contribution in [3.63, 3.8) is 0 Å². The standard InChI is InChI=1S/C20H24N2O4S/c1-3-26-19-13-7-6-12-18(19)22(27(2,24)25)15-20(23)21-14-8-10-16-9-4-5-11-17(16)21/h4-7,9,11-13H,3,8,10,14-15H2,1-2H3. The van der Waals surface area contributed by atoms with E-state index >= 15 is 0 Å². The Morgan fingerprint density at radius 2 is 1.85 bits per heavy atom. The van der Waals surface area contributed by atoms with Crippen LogP contribution in [0.25, 0.3) is 0 Å². The Hall–Kier alpha value is -2.54. The monoisotopic (exact) mass is 388 g/mol. The summed E-state index contributed by atoms with van der Waals surface area (Å²) in [4.78, 5) is 14.7. The minimum absolute atomic E-state index is 0.251. The smallest absolute Gasteiger partial charge is 0.247 e. The molecule has 2 aromatic rings. The van der Waals surface area contributed by atoms with E-state index in [1.807, 2.05) is 31.2 Å². The van der Waals surface area contributed by atoms with Crippen LogP contribution in [0.3, 0.4) is 0 Å². The molecular formula is C20H24N2O4S. The maximum atomic E-state index is 13.0. The van der Waals surface area contributed by atoms with Crippen molar-refractivity contribution in [2.75, 3.05) is 35.2 Å². The number of para-hydroxylation sites is 3. The van der Waals surface area contributed by atoms with Crippen LogP contribution in [-0.2, 0) is 21.2 Å². The van der Waals surface area contributed by atoms with Crippen LogP contribution in [-0.4, -0.2) is 40.3 Å². The minimum atomic E-state index is -3.66. The predicted molar refractivity (Wildman–Crippen MR) is 107 cm³/mol. The average molecular weight is 388 g/mol. The van der Waals surface area contributed by atoms with Crippen LogP contribution in [0.15, 0.2) is 48.5 Å². The zero-order valence-corrected chi connectivity index (χ0v) is 16.4. The molecule has 6 nitrogen and oxygen atoms in total. The number of aryl methyl sites for hydroxylation is 1. The molecule has 1 amide bonds. The van der Waals surface area contributed by atoms with E-state index in [0.717, 1.165) is 34.7 Å². The first-order chi connectivity index (χ1) is 12.9. The van der Waals surface area contributed by atoms with Crippen molar-refractivity contribution in [1.29, 1.82) is 0 Å². The van der Waals surface area contributed by atoms with Gasteiger partial charge in [0.05, 0.1) is 18.6 Å². The van der Waals surface area contributed by atoms with Gasteiger partial charge < -0.3 is 9.64 Å². The first-order valence-electron chi connectivity index (χ1n) is 8.99. The Labute approximate surface area is 160 Å². The van der Waals surface area contributed by atoms with E-state index in [0.29, 0.717) is 24.6 Å².